The molecule has 0 amide bonds. The quantitative estimate of drug-likeness (QED) is 0.484. The summed E-state index contributed by atoms with van der Waals surface area (Å²) in [6.07, 6.45) is 1.22. The third-order valence-electron chi connectivity index (χ3n) is 5.71. The monoisotopic (exact) mass is 433 g/mol. The second-order valence-electron chi connectivity index (χ2n) is 7.99. The third-order valence-corrected chi connectivity index (χ3v) is 7.59. The van der Waals surface area contributed by atoms with Gasteiger partial charge in [-0.1, -0.05) is 83.9 Å². The van der Waals surface area contributed by atoms with Gasteiger partial charge < -0.3 is 4.74 Å². The van der Waals surface area contributed by atoms with Gasteiger partial charge in [-0.3, -0.25) is 0 Å². The standard InChI is InChI=1S/C26H27NO3S/c1-4-23-18-25(21-14-10-19(2)11-15-21)30-26(22-8-6-5-7-9-22)27(23)31(28,29)24-16-12-20(3)13-17-24/h4-17,23,25-26H,1,18H2,2-3H3/t23-,25-,26-/m0/s1. The fourth-order valence-corrected chi connectivity index (χ4v) is 5.62. The highest BCUT2D eigenvalue weighted by Gasteiger charge is 2.43. The highest BCUT2D eigenvalue weighted by molar-refractivity contribution is 7.89. The minimum Gasteiger partial charge on any atom is -0.350 e. The van der Waals surface area contributed by atoms with Gasteiger partial charge in [0, 0.05) is 6.04 Å². The Morgan fingerprint density at radius 3 is 2.03 bits per heavy atom. The van der Waals surface area contributed by atoms with Crippen molar-refractivity contribution in [3.05, 3.63) is 114 Å². The Morgan fingerprint density at radius 2 is 1.45 bits per heavy atom. The van der Waals surface area contributed by atoms with Crippen LogP contribution >= 0.6 is 0 Å². The van der Waals surface area contributed by atoms with E-state index < -0.39 is 22.3 Å². The fourth-order valence-electron chi connectivity index (χ4n) is 3.94. The van der Waals surface area contributed by atoms with Gasteiger partial charge in [0.25, 0.3) is 0 Å². The highest BCUT2D eigenvalue weighted by atomic mass is 32.2. The Hall–Kier alpha value is -2.73. The molecule has 1 aliphatic heterocycles. The topological polar surface area (TPSA) is 46.6 Å². The van der Waals surface area contributed by atoms with Crippen LogP contribution in [0.15, 0.2) is 96.4 Å². The molecule has 4 nitrogen and oxygen atoms in total. The van der Waals surface area contributed by atoms with E-state index in [9.17, 15) is 8.42 Å². The van der Waals surface area contributed by atoms with Crippen molar-refractivity contribution in [1.82, 2.24) is 4.31 Å². The van der Waals surface area contributed by atoms with E-state index in [0.717, 1.165) is 16.7 Å². The van der Waals surface area contributed by atoms with E-state index >= 15 is 0 Å². The molecule has 4 rings (SSSR count). The largest absolute Gasteiger partial charge is 0.350 e. The molecule has 1 saturated heterocycles. The molecule has 1 aliphatic rings. The number of nitrogens with zero attached hydrogens (tertiary/aromatic N) is 1. The van der Waals surface area contributed by atoms with Gasteiger partial charge in [0.05, 0.1) is 11.0 Å². The van der Waals surface area contributed by atoms with Gasteiger partial charge in [-0.15, -0.1) is 6.58 Å². The van der Waals surface area contributed by atoms with Crippen molar-refractivity contribution < 1.29 is 13.2 Å². The van der Waals surface area contributed by atoms with Crippen molar-refractivity contribution in [1.29, 1.82) is 0 Å². The SMILES string of the molecule is C=C[C@H]1C[C@@H](c2ccc(C)cc2)O[C@@H](c2ccccc2)N1S(=O)(=O)c1ccc(C)cc1. The number of hydrogen-bond acceptors (Lipinski definition) is 3. The Balaban J connectivity index is 1.79. The van der Waals surface area contributed by atoms with Crippen molar-refractivity contribution in [2.45, 2.75) is 43.5 Å². The van der Waals surface area contributed by atoms with Crippen LogP contribution in [0.5, 0.6) is 0 Å². The van der Waals surface area contributed by atoms with E-state index in [1.807, 2.05) is 68.4 Å². The van der Waals surface area contributed by atoms with E-state index in [1.54, 1.807) is 18.2 Å². The van der Waals surface area contributed by atoms with Crippen molar-refractivity contribution >= 4 is 10.0 Å². The summed E-state index contributed by atoms with van der Waals surface area (Å²) in [5.41, 5.74) is 4.00. The lowest BCUT2D eigenvalue weighted by Gasteiger charge is -2.43. The molecular weight excluding hydrogens is 406 g/mol. The van der Waals surface area contributed by atoms with Crippen LogP contribution in [0.25, 0.3) is 0 Å². The van der Waals surface area contributed by atoms with Gasteiger partial charge in [0.2, 0.25) is 10.0 Å². The van der Waals surface area contributed by atoms with Gasteiger partial charge in [-0.25, -0.2) is 8.42 Å². The van der Waals surface area contributed by atoms with Crippen LogP contribution in [-0.4, -0.2) is 18.8 Å². The average molecular weight is 434 g/mol. The number of rotatable bonds is 5. The van der Waals surface area contributed by atoms with Gasteiger partial charge in [0.1, 0.15) is 0 Å². The summed E-state index contributed by atoms with van der Waals surface area (Å²) in [5.74, 6) is 0. The molecule has 5 heteroatoms. The van der Waals surface area contributed by atoms with Crippen LogP contribution in [0.4, 0.5) is 0 Å². The maximum atomic E-state index is 13.7. The zero-order valence-electron chi connectivity index (χ0n) is 17.8. The molecule has 0 bridgehead atoms. The first kappa shape index (κ1) is 21.5. The third kappa shape index (κ3) is 4.35. The molecule has 0 unspecified atom stereocenters. The van der Waals surface area contributed by atoms with E-state index in [-0.39, 0.29) is 11.0 Å². The van der Waals surface area contributed by atoms with Crippen molar-refractivity contribution in [3.63, 3.8) is 0 Å². The van der Waals surface area contributed by atoms with Crippen LogP contribution in [0.3, 0.4) is 0 Å². The van der Waals surface area contributed by atoms with Crippen molar-refractivity contribution in [3.8, 4) is 0 Å². The summed E-state index contributed by atoms with van der Waals surface area (Å²) < 4.78 is 35.4. The van der Waals surface area contributed by atoms with Crippen LogP contribution in [-0.2, 0) is 14.8 Å². The number of benzene rings is 3. The molecule has 3 atom stereocenters. The van der Waals surface area contributed by atoms with Crippen LogP contribution < -0.4 is 0 Å². The molecule has 160 valence electrons. The predicted octanol–water partition coefficient (Wildman–Crippen LogP) is 5.71. The summed E-state index contributed by atoms with van der Waals surface area (Å²) in [6, 6.07) is 24.2. The summed E-state index contributed by atoms with van der Waals surface area (Å²) in [6.45, 7) is 7.94. The molecule has 0 spiro atoms. The van der Waals surface area contributed by atoms with Gasteiger partial charge >= 0.3 is 0 Å². The van der Waals surface area contributed by atoms with E-state index in [0.29, 0.717) is 6.42 Å². The molecular formula is C26H27NO3S. The lowest BCUT2D eigenvalue weighted by Crippen LogP contribution is -2.47. The molecule has 3 aromatic carbocycles. The van der Waals surface area contributed by atoms with E-state index in [2.05, 4.69) is 18.7 Å². The van der Waals surface area contributed by atoms with Gasteiger partial charge in [-0.2, -0.15) is 4.31 Å². The van der Waals surface area contributed by atoms with Crippen LogP contribution in [0.2, 0.25) is 0 Å². The van der Waals surface area contributed by atoms with Crippen molar-refractivity contribution in [2.75, 3.05) is 0 Å². The Kier molecular flexibility index (Phi) is 6.10. The lowest BCUT2D eigenvalue weighted by molar-refractivity contribution is -0.125. The molecule has 0 saturated carbocycles. The summed E-state index contributed by atoms with van der Waals surface area (Å²) >= 11 is 0. The summed E-state index contributed by atoms with van der Waals surface area (Å²) in [4.78, 5) is 0.253. The number of sulfonamides is 1. The second kappa shape index (κ2) is 8.79. The number of aryl methyl sites for hydroxylation is 2. The molecule has 31 heavy (non-hydrogen) atoms. The molecule has 1 fully saturated rings. The summed E-state index contributed by atoms with van der Waals surface area (Å²) in [5, 5.41) is 0. The molecule has 1 heterocycles. The molecule has 3 aromatic rings. The molecule has 0 aliphatic carbocycles. The minimum absolute atomic E-state index is 0.238. The first-order valence-corrected chi connectivity index (χ1v) is 11.8. The maximum absolute atomic E-state index is 13.7. The molecule has 0 aromatic heterocycles. The summed E-state index contributed by atoms with van der Waals surface area (Å²) in [7, 11) is -3.81. The van der Waals surface area contributed by atoms with E-state index in [4.69, 9.17) is 4.74 Å². The second-order valence-corrected chi connectivity index (χ2v) is 9.83. The minimum atomic E-state index is -3.81. The first-order valence-electron chi connectivity index (χ1n) is 10.4. The smallest absolute Gasteiger partial charge is 0.246 e. The molecule has 0 radical (unpaired) electrons. The Bertz CT molecular complexity index is 1140. The van der Waals surface area contributed by atoms with E-state index in [1.165, 1.54) is 9.87 Å². The Morgan fingerprint density at radius 1 is 0.871 bits per heavy atom. The molecule has 0 N–H and O–H groups in total. The van der Waals surface area contributed by atoms with Crippen molar-refractivity contribution in [2.24, 2.45) is 0 Å². The van der Waals surface area contributed by atoms with Gasteiger partial charge in [-0.05, 0) is 43.5 Å². The first-order chi connectivity index (χ1) is 14.9. The van der Waals surface area contributed by atoms with Crippen LogP contribution in [0, 0.1) is 13.8 Å². The van der Waals surface area contributed by atoms with Gasteiger partial charge in [0.15, 0.2) is 6.23 Å². The average Bonchev–Trinajstić information content (AvgIpc) is 2.79. The van der Waals surface area contributed by atoms with Crippen LogP contribution in [0.1, 0.15) is 41.0 Å². The zero-order chi connectivity index (χ0) is 22.0. The number of hydrogen-bond donors (Lipinski definition) is 0. The highest BCUT2D eigenvalue weighted by Crippen LogP contribution is 2.43. The maximum Gasteiger partial charge on any atom is 0.246 e. The normalized spacial score (nSPS) is 22.2. The Labute approximate surface area is 184 Å². The fraction of sp³-hybridized carbons (Fsp3) is 0.231. The predicted molar refractivity (Wildman–Crippen MR) is 123 cm³/mol. The lowest BCUT2D eigenvalue weighted by atomic mass is 9.98. The zero-order valence-corrected chi connectivity index (χ0v) is 18.6. The number of ether oxygens (including phenoxy) is 1.